The summed E-state index contributed by atoms with van der Waals surface area (Å²) in [7, 11) is 0. The number of benzene rings is 2. The van der Waals surface area contributed by atoms with Crippen LogP contribution in [0.4, 0.5) is 0 Å². The molecule has 4 rings (SSSR count). The number of hydrogen-bond donors (Lipinski definition) is 0. The van der Waals surface area contributed by atoms with Gasteiger partial charge in [-0.3, -0.25) is 4.79 Å². The highest BCUT2D eigenvalue weighted by molar-refractivity contribution is 6.43. The summed E-state index contributed by atoms with van der Waals surface area (Å²) in [6, 6.07) is 17.1. The first-order chi connectivity index (χ1) is 14.4. The molecule has 2 aromatic carbocycles. The minimum atomic E-state index is -0.321. The Morgan fingerprint density at radius 3 is 2.37 bits per heavy atom. The Kier molecular flexibility index (Phi) is 6.07. The number of allylic oxidation sites excluding steroid dienone is 1. The molecule has 2 heterocycles. The molecule has 2 aromatic heterocycles. The monoisotopic (exact) mass is 476 g/mol. The SMILES string of the molecule is O=C(/C=C/c1ccc(-c2cccc(Cl)c2Cl)o1)c1ccc(-c2cc(Cl)ccc2Cl)o1. The topological polar surface area (TPSA) is 43.4 Å². The van der Waals surface area contributed by atoms with E-state index in [2.05, 4.69) is 0 Å². The summed E-state index contributed by atoms with van der Waals surface area (Å²) < 4.78 is 11.4. The van der Waals surface area contributed by atoms with Crippen molar-refractivity contribution in [1.29, 1.82) is 0 Å². The fraction of sp³-hybridized carbons (Fsp3) is 0. The Hall–Kier alpha value is -2.43. The first-order valence-electron chi connectivity index (χ1n) is 8.74. The molecule has 4 aromatic rings. The molecule has 0 N–H and O–H groups in total. The van der Waals surface area contributed by atoms with E-state index in [0.717, 1.165) is 0 Å². The fourth-order valence-corrected chi connectivity index (χ4v) is 3.60. The van der Waals surface area contributed by atoms with Crippen LogP contribution in [0.15, 0.2) is 75.6 Å². The molecule has 7 heteroatoms. The van der Waals surface area contributed by atoms with Gasteiger partial charge in [-0.25, -0.2) is 0 Å². The van der Waals surface area contributed by atoms with Crippen molar-refractivity contribution >= 4 is 58.3 Å². The molecule has 0 saturated heterocycles. The van der Waals surface area contributed by atoms with Gasteiger partial charge in [0.05, 0.1) is 15.1 Å². The van der Waals surface area contributed by atoms with Gasteiger partial charge in [0.25, 0.3) is 0 Å². The summed E-state index contributed by atoms with van der Waals surface area (Å²) in [5, 5.41) is 1.84. The second-order valence-corrected chi connectivity index (χ2v) is 7.92. The van der Waals surface area contributed by atoms with E-state index in [0.29, 0.717) is 48.5 Å². The lowest BCUT2D eigenvalue weighted by Crippen LogP contribution is -1.90. The smallest absolute Gasteiger partial charge is 0.221 e. The molecule has 0 spiro atoms. The van der Waals surface area contributed by atoms with E-state index in [9.17, 15) is 4.79 Å². The van der Waals surface area contributed by atoms with E-state index in [1.807, 2.05) is 0 Å². The van der Waals surface area contributed by atoms with Crippen molar-refractivity contribution in [3.8, 4) is 22.6 Å². The molecule has 0 aliphatic rings. The van der Waals surface area contributed by atoms with Crippen LogP contribution in [0.2, 0.25) is 20.1 Å². The molecule has 0 amide bonds. The molecule has 150 valence electrons. The molecule has 0 bridgehead atoms. The normalized spacial score (nSPS) is 11.3. The van der Waals surface area contributed by atoms with Crippen LogP contribution in [0.5, 0.6) is 0 Å². The van der Waals surface area contributed by atoms with Gasteiger partial charge in [0, 0.05) is 16.1 Å². The van der Waals surface area contributed by atoms with Gasteiger partial charge < -0.3 is 8.83 Å². The van der Waals surface area contributed by atoms with Crippen LogP contribution in [-0.4, -0.2) is 5.78 Å². The van der Waals surface area contributed by atoms with Gasteiger partial charge in [-0.1, -0.05) is 52.5 Å². The van der Waals surface area contributed by atoms with E-state index in [1.165, 1.54) is 6.08 Å². The summed E-state index contributed by atoms with van der Waals surface area (Å²) >= 11 is 24.5. The summed E-state index contributed by atoms with van der Waals surface area (Å²) in [4.78, 5) is 12.5. The quantitative estimate of drug-likeness (QED) is 0.213. The van der Waals surface area contributed by atoms with Crippen molar-refractivity contribution in [2.45, 2.75) is 0 Å². The summed E-state index contributed by atoms with van der Waals surface area (Å²) in [6.45, 7) is 0. The van der Waals surface area contributed by atoms with Gasteiger partial charge >= 0.3 is 0 Å². The third-order valence-corrected chi connectivity index (χ3v) is 5.67. The van der Waals surface area contributed by atoms with Crippen LogP contribution >= 0.6 is 46.4 Å². The molecule has 0 unspecified atom stereocenters. The third kappa shape index (κ3) is 4.35. The molecule has 0 fully saturated rings. The molecule has 3 nitrogen and oxygen atoms in total. The molecule has 30 heavy (non-hydrogen) atoms. The van der Waals surface area contributed by atoms with Crippen LogP contribution in [0, 0.1) is 0 Å². The second-order valence-electron chi connectivity index (χ2n) is 6.29. The minimum Gasteiger partial charge on any atom is -0.457 e. The lowest BCUT2D eigenvalue weighted by Gasteiger charge is -2.01. The minimum absolute atomic E-state index is 0.168. The van der Waals surface area contributed by atoms with E-state index in [1.54, 1.807) is 66.7 Å². The van der Waals surface area contributed by atoms with Crippen molar-refractivity contribution in [3.05, 3.63) is 98.4 Å². The van der Waals surface area contributed by atoms with Crippen molar-refractivity contribution < 1.29 is 13.6 Å². The average molecular weight is 478 g/mol. The van der Waals surface area contributed by atoms with E-state index >= 15 is 0 Å². The zero-order valence-electron chi connectivity index (χ0n) is 15.2. The number of furan rings is 2. The van der Waals surface area contributed by atoms with Gasteiger partial charge in [0.1, 0.15) is 17.3 Å². The molecule has 0 atom stereocenters. The molecule has 0 saturated carbocycles. The number of halogens is 4. The third-order valence-electron chi connectivity index (χ3n) is 4.29. The van der Waals surface area contributed by atoms with Gasteiger partial charge in [0.2, 0.25) is 5.78 Å². The zero-order chi connectivity index (χ0) is 21.3. The standard InChI is InChI=1S/C23H12Cl4O3/c24-13-4-7-17(25)16(12-13)21-10-11-22(30-21)19(28)8-5-14-6-9-20(29-14)15-2-1-3-18(26)23(15)27/h1-12H/b8-5+. The van der Waals surface area contributed by atoms with E-state index < -0.39 is 0 Å². The maximum atomic E-state index is 12.5. The van der Waals surface area contributed by atoms with Gasteiger partial charge in [-0.2, -0.15) is 0 Å². The Balaban J connectivity index is 1.52. The van der Waals surface area contributed by atoms with Crippen LogP contribution in [-0.2, 0) is 0 Å². The highest BCUT2D eigenvalue weighted by Gasteiger charge is 2.14. The van der Waals surface area contributed by atoms with Gasteiger partial charge in [0.15, 0.2) is 5.76 Å². The predicted octanol–water partition coefficient (Wildman–Crippen LogP) is 8.72. The van der Waals surface area contributed by atoms with Crippen LogP contribution in [0.1, 0.15) is 16.3 Å². The summed E-state index contributed by atoms with van der Waals surface area (Å²) in [5.74, 6) is 1.33. The van der Waals surface area contributed by atoms with E-state index in [4.69, 9.17) is 55.2 Å². The highest BCUT2D eigenvalue weighted by atomic mass is 35.5. The first kappa shape index (κ1) is 20.8. The molecular weight excluding hydrogens is 466 g/mol. The Morgan fingerprint density at radius 2 is 1.53 bits per heavy atom. The highest BCUT2D eigenvalue weighted by Crippen LogP contribution is 2.35. The van der Waals surface area contributed by atoms with Crippen molar-refractivity contribution in [1.82, 2.24) is 0 Å². The summed E-state index contributed by atoms with van der Waals surface area (Å²) in [6.07, 6.45) is 2.92. The number of carbonyl (C=O) groups excluding carboxylic acids is 1. The number of ketones is 1. The van der Waals surface area contributed by atoms with Crippen LogP contribution in [0.3, 0.4) is 0 Å². The Morgan fingerprint density at radius 1 is 0.767 bits per heavy atom. The first-order valence-corrected chi connectivity index (χ1v) is 10.3. The lowest BCUT2D eigenvalue weighted by molar-refractivity contribution is 0.102. The molecule has 0 aliphatic carbocycles. The molecular formula is C23H12Cl4O3. The van der Waals surface area contributed by atoms with Crippen molar-refractivity contribution in [3.63, 3.8) is 0 Å². The average Bonchev–Trinajstić information content (AvgIpc) is 3.40. The molecule has 0 radical (unpaired) electrons. The second kappa shape index (κ2) is 8.75. The Labute approximate surface area is 192 Å². The van der Waals surface area contributed by atoms with Crippen molar-refractivity contribution in [2.75, 3.05) is 0 Å². The number of carbonyl (C=O) groups is 1. The van der Waals surface area contributed by atoms with Crippen LogP contribution < -0.4 is 0 Å². The fourth-order valence-electron chi connectivity index (χ4n) is 2.82. The van der Waals surface area contributed by atoms with Gasteiger partial charge in [-0.05, 0) is 66.7 Å². The van der Waals surface area contributed by atoms with Crippen molar-refractivity contribution in [2.24, 2.45) is 0 Å². The maximum Gasteiger partial charge on any atom is 0.221 e. The summed E-state index contributed by atoms with van der Waals surface area (Å²) in [5.41, 5.74) is 1.28. The van der Waals surface area contributed by atoms with E-state index in [-0.39, 0.29) is 11.5 Å². The van der Waals surface area contributed by atoms with Crippen LogP contribution in [0.25, 0.3) is 28.7 Å². The largest absolute Gasteiger partial charge is 0.457 e. The molecule has 0 aliphatic heterocycles. The lowest BCUT2D eigenvalue weighted by atomic mass is 10.2. The predicted molar refractivity (Wildman–Crippen MR) is 122 cm³/mol. The zero-order valence-corrected chi connectivity index (χ0v) is 18.2. The Bertz CT molecular complexity index is 1270. The maximum absolute atomic E-state index is 12.5. The van der Waals surface area contributed by atoms with Gasteiger partial charge in [-0.15, -0.1) is 0 Å². The number of hydrogen-bond acceptors (Lipinski definition) is 3. The number of rotatable bonds is 5.